The normalized spacial score (nSPS) is 15.8. The zero-order chi connectivity index (χ0) is 19.9. The molecular formula is C20H21Cl3N4O. The van der Waals surface area contributed by atoms with Crippen molar-refractivity contribution < 1.29 is 4.79 Å². The zero-order valence-electron chi connectivity index (χ0n) is 15.2. The van der Waals surface area contributed by atoms with E-state index in [0.29, 0.717) is 22.2 Å². The first-order valence-corrected chi connectivity index (χ1v) is 10.1. The number of hydrogen-bond acceptors (Lipinski definition) is 4. The summed E-state index contributed by atoms with van der Waals surface area (Å²) < 4.78 is 0. The van der Waals surface area contributed by atoms with Crippen LogP contribution in [0.25, 0.3) is 0 Å². The molecule has 148 valence electrons. The van der Waals surface area contributed by atoms with Gasteiger partial charge in [-0.1, -0.05) is 59.1 Å². The van der Waals surface area contributed by atoms with Gasteiger partial charge in [0.15, 0.2) is 0 Å². The topological polar surface area (TPSA) is 47.9 Å². The smallest absolute Gasteiger partial charge is 0.254 e. The fourth-order valence-electron chi connectivity index (χ4n) is 2.99. The lowest BCUT2D eigenvalue weighted by atomic mass is 10.2. The van der Waals surface area contributed by atoms with Crippen molar-refractivity contribution in [3.8, 4) is 0 Å². The predicted molar refractivity (Wildman–Crippen MR) is 115 cm³/mol. The highest BCUT2D eigenvalue weighted by atomic mass is 35.5. The number of nitrogens with zero attached hydrogens (tertiary/aromatic N) is 3. The number of amides is 1. The van der Waals surface area contributed by atoms with Crippen molar-refractivity contribution in [3.05, 3.63) is 68.7 Å². The number of carbonyl (C=O) groups excluding carboxylic acids is 1. The van der Waals surface area contributed by atoms with Crippen LogP contribution in [-0.2, 0) is 11.3 Å². The predicted octanol–water partition coefficient (Wildman–Crippen LogP) is 3.91. The summed E-state index contributed by atoms with van der Waals surface area (Å²) in [5, 5.41) is 5.59. The van der Waals surface area contributed by atoms with Crippen molar-refractivity contribution in [2.24, 2.45) is 5.10 Å². The summed E-state index contributed by atoms with van der Waals surface area (Å²) in [5.41, 5.74) is 4.44. The molecule has 1 amide bonds. The highest BCUT2D eigenvalue weighted by Crippen LogP contribution is 2.24. The molecule has 1 heterocycles. The van der Waals surface area contributed by atoms with E-state index in [4.69, 9.17) is 34.8 Å². The summed E-state index contributed by atoms with van der Waals surface area (Å²) in [6.07, 6.45) is 1.50. The summed E-state index contributed by atoms with van der Waals surface area (Å²) in [6.45, 7) is 4.71. The van der Waals surface area contributed by atoms with Crippen LogP contribution in [0, 0.1) is 0 Å². The highest BCUT2D eigenvalue weighted by Gasteiger charge is 2.18. The number of nitrogens with one attached hydrogen (secondary N) is 1. The second-order valence-corrected chi connectivity index (χ2v) is 7.84. The summed E-state index contributed by atoms with van der Waals surface area (Å²) >= 11 is 18.0. The van der Waals surface area contributed by atoms with Gasteiger partial charge in [0.2, 0.25) is 0 Å². The molecule has 3 rings (SSSR count). The van der Waals surface area contributed by atoms with E-state index in [1.54, 1.807) is 18.2 Å². The Morgan fingerprint density at radius 2 is 1.68 bits per heavy atom. The SMILES string of the molecule is O=C(CN1CCN(Cc2ccc(Cl)cc2)CC1)N/N=C/c1cccc(Cl)c1Cl. The number of hydrazone groups is 1. The molecule has 0 radical (unpaired) electrons. The standard InChI is InChI=1S/C20H21Cl3N4O/c21-17-6-4-15(5-7-17)13-26-8-10-27(11-9-26)14-19(28)25-24-12-16-2-1-3-18(22)20(16)23/h1-7,12H,8-11,13-14H2,(H,25,28)/b24-12+. The molecule has 0 bridgehead atoms. The van der Waals surface area contributed by atoms with Gasteiger partial charge in [-0.05, 0) is 23.8 Å². The second kappa shape index (κ2) is 10.2. The van der Waals surface area contributed by atoms with E-state index >= 15 is 0 Å². The molecule has 5 nitrogen and oxygen atoms in total. The van der Waals surface area contributed by atoms with Crippen LogP contribution in [0.1, 0.15) is 11.1 Å². The minimum atomic E-state index is -0.152. The van der Waals surface area contributed by atoms with Gasteiger partial charge in [0.1, 0.15) is 0 Å². The Bertz CT molecular complexity index is 834. The van der Waals surface area contributed by atoms with Crippen LogP contribution in [0.3, 0.4) is 0 Å². The van der Waals surface area contributed by atoms with Gasteiger partial charge in [0.05, 0.1) is 22.8 Å². The number of hydrogen-bond donors (Lipinski definition) is 1. The third-order valence-corrected chi connectivity index (χ3v) is 5.61. The second-order valence-electron chi connectivity index (χ2n) is 6.61. The maximum Gasteiger partial charge on any atom is 0.254 e. The van der Waals surface area contributed by atoms with Gasteiger partial charge in [0.25, 0.3) is 5.91 Å². The van der Waals surface area contributed by atoms with E-state index < -0.39 is 0 Å². The molecule has 0 atom stereocenters. The first-order valence-electron chi connectivity index (χ1n) is 8.96. The third-order valence-electron chi connectivity index (χ3n) is 4.53. The van der Waals surface area contributed by atoms with Gasteiger partial charge in [-0.2, -0.15) is 5.10 Å². The van der Waals surface area contributed by atoms with E-state index in [0.717, 1.165) is 37.7 Å². The Labute approximate surface area is 179 Å². The molecule has 28 heavy (non-hydrogen) atoms. The summed E-state index contributed by atoms with van der Waals surface area (Å²) in [4.78, 5) is 16.6. The Hall–Kier alpha value is -1.63. The Morgan fingerprint density at radius 1 is 1.00 bits per heavy atom. The lowest BCUT2D eigenvalue weighted by Gasteiger charge is -2.34. The van der Waals surface area contributed by atoms with Crippen molar-refractivity contribution in [2.75, 3.05) is 32.7 Å². The molecule has 0 unspecified atom stereocenters. The van der Waals surface area contributed by atoms with Crippen molar-refractivity contribution in [3.63, 3.8) is 0 Å². The quantitative estimate of drug-likeness (QED) is 0.548. The van der Waals surface area contributed by atoms with Crippen LogP contribution >= 0.6 is 34.8 Å². The van der Waals surface area contributed by atoms with E-state index in [2.05, 4.69) is 20.3 Å². The Morgan fingerprint density at radius 3 is 2.39 bits per heavy atom. The van der Waals surface area contributed by atoms with Gasteiger partial charge < -0.3 is 0 Å². The average Bonchev–Trinajstić information content (AvgIpc) is 2.68. The zero-order valence-corrected chi connectivity index (χ0v) is 17.5. The summed E-state index contributed by atoms with van der Waals surface area (Å²) in [6, 6.07) is 13.2. The van der Waals surface area contributed by atoms with E-state index in [-0.39, 0.29) is 5.91 Å². The minimum absolute atomic E-state index is 0.152. The maximum atomic E-state index is 12.1. The van der Waals surface area contributed by atoms with Crippen molar-refractivity contribution in [2.45, 2.75) is 6.54 Å². The molecule has 8 heteroatoms. The van der Waals surface area contributed by atoms with Gasteiger partial charge in [-0.15, -0.1) is 0 Å². The number of benzene rings is 2. The lowest BCUT2D eigenvalue weighted by molar-refractivity contribution is -0.122. The monoisotopic (exact) mass is 438 g/mol. The average molecular weight is 440 g/mol. The fourth-order valence-corrected chi connectivity index (χ4v) is 3.47. The van der Waals surface area contributed by atoms with Crippen LogP contribution in [0.2, 0.25) is 15.1 Å². The molecule has 1 fully saturated rings. The Balaban J connectivity index is 1.40. The first-order chi connectivity index (χ1) is 13.5. The molecule has 1 N–H and O–H groups in total. The first kappa shape index (κ1) is 21.1. The van der Waals surface area contributed by atoms with Crippen LogP contribution < -0.4 is 5.43 Å². The lowest BCUT2D eigenvalue weighted by Crippen LogP contribution is -2.48. The highest BCUT2D eigenvalue weighted by molar-refractivity contribution is 6.43. The van der Waals surface area contributed by atoms with Crippen molar-refractivity contribution in [1.29, 1.82) is 0 Å². The molecule has 1 saturated heterocycles. The van der Waals surface area contributed by atoms with Gasteiger partial charge >= 0.3 is 0 Å². The summed E-state index contributed by atoms with van der Waals surface area (Å²) in [5.74, 6) is -0.152. The van der Waals surface area contributed by atoms with E-state index in [1.807, 2.05) is 24.3 Å². The Kier molecular flexibility index (Phi) is 7.71. The molecule has 0 aliphatic carbocycles. The van der Waals surface area contributed by atoms with Crippen LogP contribution in [0.4, 0.5) is 0 Å². The number of piperazine rings is 1. The van der Waals surface area contributed by atoms with Crippen molar-refractivity contribution in [1.82, 2.24) is 15.2 Å². The number of carbonyl (C=O) groups is 1. The van der Waals surface area contributed by atoms with Crippen LogP contribution in [-0.4, -0.2) is 54.6 Å². The fraction of sp³-hybridized carbons (Fsp3) is 0.300. The van der Waals surface area contributed by atoms with E-state index in [9.17, 15) is 4.79 Å². The minimum Gasteiger partial charge on any atom is -0.297 e. The molecule has 0 saturated carbocycles. The van der Waals surface area contributed by atoms with Gasteiger partial charge in [0, 0.05) is 43.3 Å². The molecule has 2 aromatic carbocycles. The van der Waals surface area contributed by atoms with Crippen molar-refractivity contribution >= 4 is 46.9 Å². The number of rotatable bonds is 6. The molecule has 0 aromatic heterocycles. The summed E-state index contributed by atoms with van der Waals surface area (Å²) in [7, 11) is 0. The maximum absolute atomic E-state index is 12.1. The van der Waals surface area contributed by atoms with Gasteiger partial charge in [-0.25, -0.2) is 5.43 Å². The molecule has 1 aliphatic heterocycles. The largest absolute Gasteiger partial charge is 0.297 e. The number of halogens is 3. The molecular weight excluding hydrogens is 419 g/mol. The van der Waals surface area contributed by atoms with Crippen LogP contribution in [0.5, 0.6) is 0 Å². The van der Waals surface area contributed by atoms with Crippen LogP contribution in [0.15, 0.2) is 47.6 Å². The molecule has 1 aliphatic rings. The molecule has 0 spiro atoms. The third kappa shape index (κ3) is 6.19. The van der Waals surface area contributed by atoms with E-state index in [1.165, 1.54) is 11.8 Å². The van der Waals surface area contributed by atoms with Gasteiger partial charge in [-0.3, -0.25) is 14.6 Å². The molecule has 2 aromatic rings.